The van der Waals surface area contributed by atoms with Crippen molar-refractivity contribution < 1.29 is 19.1 Å². The van der Waals surface area contributed by atoms with Crippen molar-refractivity contribution in [3.8, 4) is 0 Å². The van der Waals surface area contributed by atoms with Crippen molar-refractivity contribution in [3.63, 3.8) is 0 Å². The summed E-state index contributed by atoms with van der Waals surface area (Å²) in [6.07, 6.45) is 7.55. The molecule has 0 radical (unpaired) electrons. The lowest BCUT2D eigenvalue weighted by Gasteiger charge is -2.30. The Morgan fingerprint density at radius 3 is 2.94 bits per heavy atom. The summed E-state index contributed by atoms with van der Waals surface area (Å²) in [5, 5.41) is 8.79. The van der Waals surface area contributed by atoms with E-state index < -0.39 is 5.97 Å². The summed E-state index contributed by atoms with van der Waals surface area (Å²) in [4.78, 5) is 10.7. The van der Waals surface area contributed by atoms with Crippen LogP contribution in [0.3, 0.4) is 0 Å². The van der Waals surface area contributed by atoms with E-state index in [1.807, 2.05) is 0 Å². The molecule has 4 nitrogen and oxygen atoms in total. The molecule has 4 heteroatoms. The minimum absolute atomic E-state index is 0.185. The predicted octanol–water partition coefficient (Wildman–Crippen LogP) is 3.46. The molecule has 100 valence electrons. The Kier molecular flexibility index (Phi) is 4.42. The normalized spacial score (nSPS) is 24.1. The molecule has 1 aliphatic carbocycles. The van der Waals surface area contributed by atoms with Crippen molar-refractivity contribution in [2.24, 2.45) is 5.92 Å². The highest BCUT2D eigenvalue weighted by Crippen LogP contribution is 2.29. The molecule has 0 bridgehead atoms. The van der Waals surface area contributed by atoms with Crippen LogP contribution in [0.1, 0.15) is 55.1 Å². The van der Waals surface area contributed by atoms with E-state index in [9.17, 15) is 4.79 Å². The fraction of sp³-hybridized carbons (Fsp3) is 0.643. The second kappa shape index (κ2) is 6.05. The van der Waals surface area contributed by atoms with Gasteiger partial charge in [-0.05, 0) is 24.8 Å². The molecule has 1 aromatic heterocycles. The van der Waals surface area contributed by atoms with Crippen molar-refractivity contribution in [2.75, 3.05) is 0 Å². The summed E-state index contributed by atoms with van der Waals surface area (Å²) in [6.45, 7) is 2.57. The maximum Gasteiger partial charge on any atom is 0.338 e. The Balaban J connectivity index is 1.87. The summed E-state index contributed by atoms with van der Waals surface area (Å²) < 4.78 is 11.1. The van der Waals surface area contributed by atoms with E-state index in [0.29, 0.717) is 24.4 Å². The molecule has 0 spiro atoms. The van der Waals surface area contributed by atoms with Crippen LogP contribution in [0.25, 0.3) is 0 Å². The summed E-state index contributed by atoms with van der Waals surface area (Å²) >= 11 is 0. The van der Waals surface area contributed by atoms with Gasteiger partial charge < -0.3 is 14.3 Å². The number of ether oxygens (including phenoxy) is 1. The van der Waals surface area contributed by atoms with Crippen LogP contribution >= 0.6 is 0 Å². The minimum atomic E-state index is -0.964. The van der Waals surface area contributed by atoms with Gasteiger partial charge in [-0.3, -0.25) is 0 Å². The van der Waals surface area contributed by atoms with Crippen LogP contribution in [0, 0.1) is 5.92 Å². The SMILES string of the molecule is CCC1CCCCC1OCc1cc(C(=O)O)co1. The molecule has 2 rings (SSSR count). The number of carbonyl (C=O) groups is 1. The molecule has 1 fully saturated rings. The smallest absolute Gasteiger partial charge is 0.338 e. The molecule has 1 N–H and O–H groups in total. The van der Waals surface area contributed by atoms with Crippen LogP contribution in [0.2, 0.25) is 0 Å². The van der Waals surface area contributed by atoms with Crippen molar-refractivity contribution in [1.29, 1.82) is 0 Å². The molecule has 0 amide bonds. The molecule has 1 aromatic rings. The first-order chi connectivity index (χ1) is 8.70. The van der Waals surface area contributed by atoms with Gasteiger partial charge in [0.1, 0.15) is 18.6 Å². The third-order valence-corrected chi connectivity index (χ3v) is 3.70. The van der Waals surface area contributed by atoms with Crippen molar-refractivity contribution >= 4 is 5.97 Å². The largest absolute Gasteiger partial charge is 0.478 e. The molecule has 1 saturated carbocycles. The van der Waals surface area contributed by atoms with Gasteiger partial charge >= 0.3 is 5.97 Å². The zero-order valence-electron chi connectivity index (χ0n) is 10.7. The van der Waals surface area contributed by atoms with E-state index in [1.165, 1.54) is 31.6 Å². The average molecular weight is 252 g/mol. The van der Waals surface area contributed by atoms with Crippen LogP contribution in [-0.2, 0) is 11.3 Å². The Bertz CT molecular complexity index is 396. The van der Waals surface area contributed by atoms with Crippen LogP contribution in [-0.4, -0.2) is 17.2 Å². The second-order valence-electron chi connectivity index (χ2n) is 4.91. The summed E-state index contributed by atoms with van der Waals surface area (Å²) in [7, 11) is 0. The molecule has 0 aliphatic heterocycles. The highest BCUT2D eigenvalue weighted by atomic mass is 16.5. The van der Waals surface area contributed by atoms with Gasteiger partial charge in [-0.2, -0.15) is 0 Å². The number of aromatic carboxylic acids is 1. The Labute approximate surface area is 107 Å². The Morgan fingerprint density at radius 2 is 2.28 bits per heavy atom. The summed E-state index contributed by atoms with van der Waals surface area (Å²) in [5.41, 5.74) is 0.185. The zero-order chi connectivity index (χ0) is 13.0. The maximum absolute atomic E-state index is 10.7. The lowest BCUT2D eigenvalue weighted by molar-refractivity contribution is -0.0283. The number of carboxylic acid groups (broad SMARTS) is 1. The number of rotatable bonds is 5. The van der Waals surface area contributed by atoms with E-state index in [4.69, 9.17) is 14.3 Å². The van der Waals surface area contributed by atoms with Gasteiger partial charge in [-0.1, -0.05) is 26.2 Å². The van der Waals surface area contributed by atoms with Gasteiger partial charge in [-0.15, -0.1) is 0 Å². The highest BCUT2D eigenvalue weighted by molar-refractivity contribution is 5.87. The first kappa shape index (κ1) is 13.1. The lowest BCUT2D eigenvalue weighted by atomic mass is 9.85. The molecule has 2 unspecified atom stereocenters. The second-order valence-corrected chi connectivity index (χ2v) is 4.91. The van der Waals surface area contributed by atoms with E-state index in [2.05, 4.69) is 6.92 Å². The van der Waals surface area contributed by atoms with Crippen LogP contribution < -0.4 is 0 Å². The fourth-order valence-corrected chi connectivity index (χ4v) is 2.62. The molecule has 0 saturated heterocycles. The number of hydrogen-bond acceptors (Lipinski definition) is 3. The Hall–Kier alpha value is -1.29. The van der Waals surface area contributed by atoms with Crippen LogP contribution in [0.4, 0.5) is 0 Å². The summed E-state index contributed by atoms with van der Waals surface area (Å²) in [5.74, 6) is 0.259. The number of carboxylic acids is 1. The topological polar surface area (TPSA) is 59.7 Å². The van der Waals surface area contributed by atoms with Gasteiger partial charge in [0.05, 0.1) is 11.7 Å². The lowest BCUT2D eigenvalue weighted by Crippen LogP contribution is -2.27. The number of hydrogen-bond donors (Lipinski definition) is 1. The van der Waals surface area contributed by atoms with Gasteiger partial charge in [-0.25, -0.2) is 4.79 Å². The molecular formula is C14H20O4. The average Bonchev–Trinajstić information content (AvgIpc) is 2.85. The molecule has 1 heterocycles. The third-order valence-electron chi connectivity index (χ3n) is 3.70. The minimum Gasteiger partial charge on any atom is -0.478 e. The van der Waals surface area contributed by atoms with Gasteiger partial charge in [0.2, 0.25) is 0 Å². The van der Waals surface area contributed by atoms with Crippen molar-refractivity contribution in [2.45, 2.75) is 51.7 Å². The van der Waals surface area contributed by atoms with Gasteiger partial charge in [0.25, 0.3) is 0 Å². The predicted molar refractivity (Wildman–Crippen MR) is 66.5 cm³/mol. The number of furan rings is 1. The molecule has 0 aromatic carbocycles. The summed E-state index contributed by atoms with van der Waals surface area (Å²) in [6, 6.07) is 1.53. The zero-order valence-corrected chi connectivity index (χ0v) is 10.7. The first-order valence-corrected chi connectivity index (χ1v) is 6.63. The molecule has 18 heavy (non-hydrogen) atoms. The monoisotopic (exact) mass is 252 g/mol. The van der Waals surface area contributed by atoms with Crippen LogP contribution in [0.5, 0.6) is 0 Å². The van der Waals surface area contributed by atoms with Crippen molar-refractivity contribution in [1.82, 2.24) is 0 Å². The van der Waals surface area contributed by atoms with E-state index in [1.54, 1.807) is 0 Å². The third kappa shape index (κ3) is 3.13. The molecular weight excluding hydrogens is 232 g/mol. The Morgan fingerprint density at radius 1 is 1.50 bits per heavy atom. The quantitative estimate of drug-likeness (QED) is 0.871. The van der Waals surface area contributed by atoms with E-state index >= 15 is 0 Å². The molecule has 2 atom stereocenters. The van der Waals surface area contributed by atoms with E-state index in [0.717, 1.165) is 12.8 Å². The fourth-order valence-electron chi connectivity index (χ4n) is 2.62. The van der Waals surface area contributed by atoms with Crippen LogP contribution in [0.15, 0.2) is 16.7 Å². The van der Waals surface area contributed by atoms with Crippen molar-refractivity contribution in [3.05, 3.63) is 23.7 Å². The first-order valence-electron chi connectivity index (χ1n) is 6.63. The highest BCUT2D eigenvalue weighted by Gasteiger charge is 2.24. The molecule has 1 aliphatic rings. The van der Waals surface area contributed by atoms with Gasteiger partial charge in [0.15, 0.2) is 0 Å². The standard InChI is InChI=1S/C14H20O4/c1-2-10-5-3-4-6-13(10)18-9-12-7-11(8-17-12)14(15)16/h7-8,10,13H,2-6,9H2,1H3,(H,15,16). The van der Waals surface area contributed by atoms with Gasteiger partial charge in [0, 0.05) is 0 Å². The van der Waals surface area contributed by atoms with E-state index in [-0.39, 0.29) is 5.56 Å². The maximum atomic E-state index is 10.7.